The molecular weight excluding hydrogens is 705 g/mol. The van der Waals surface area contributed by atoms with Gasteiger partial charge in [-0.05, 0) is 73.5 Å². The van der Waals surface area contributed by atoms with Crippen LogP contribution in [0, 0.1) is 13.8 Å². The Bertz CT molecular complexity index is 1190. The van der Waals surface area contributed by atoms with Gasteiger partial charge in [0.2, 0.25) is 13.5 Å². The van der Waals surface area contributed by atoms with Crippen LogP contribution in [-0.4, -0.2) is 4.57 Å². The Labute approximate surface area is 232 Å². The first kappa shape index (κ1) is 26.3. The van der Waals surface area contributed by atoms with Crippen LogP contribution >= 0.6 is 63.7 Å². The highest BCUT2D eigenvalue weighted by molar-refractivity contribution is 9.11. The van der Waals surface area contributed by atoms with E-state index in [0.29, 0.717) is 5.95 Å². The van der Waals surface area contributed by atoms with E-state index in [9.17, 15) is 0 Å². The van der Waals surface area contributed by atoms with Gasteiger partial charge in [-0.2, -0.15) is 9.13 Å². The number of ether oxygens (including phenoxy) is 2. The minimum absolute atomic E-state index is 0. The first-order valence-corrected chi connectivity index (χ1v) is 12.8. The molecule has 0 bridgehead atoms. The number of hydrogen-bond acceptors (Lipinski definition) is 3. The Balaban J connectivity index is 0.00000306. The lowest BCUT2D eigenvalue weighted by atomic mass is 10.1. The van der Waals surface area contributed by atoms with Gasteiger partial charge in [-0.1, -0.05) is 63.7 Å². The summed E-state index contributed by atoms with van der Waals surface area (Å²) in [5, 5.41) is 0. The number of anilines is 1. The monoisotopic (exact) mass is 721 g/mol. The van der Waals surface area contributed by atoms with E-state index in [-0.39, 0.29) is 25.9 Å². The van der Waals surface area contributed by atoms with Gasteiger partial charge < -0.3 is 21.9 Å². The third kappa shape index (κ3) is 6.06. The van der Waals surface area contributed by atoms with Gasteiger partial charge in [0.05, 0.1) is 0 Å². The molecule has 0 aliphatic heterocycles. The molecule has 0 aliphatic carbocycles. The lowest BCUT2D eigenvalue weighted by Gasteiger charge is -2.08. The predicted molar refractivity (Wildman–Crippen MR) is 141 cm³/mol. The van der Waals surface area contributed by atoms with Crippen LogP contribution in [0.4, 0.5) is 5.95 Å². The molecule has 174 valence electrons. The van der Waals surface area contributed by atoms with Gasteiger partial charge in [0, 0.05) is 17.9 Å². The summed E-state index contributed by atoms with van der Waals surface area (Å²) < 4.78 is 19.8. The molecule has 0 unspecified atom stereocenters. The molecule has 0 amide bonds. The van der Waals surface area contributed by atoms with Crippen LogP contribution in [0.3, 0.4) is 0 Å². The summed E-state index contributed by atoms with van der Waals surface area (Å²) in [6, 6.07) is 15.9. The summed E-state index contributed by atoms with van der Waals surface area (Å²) in [5.74, 6) is 2.02. The zero-order valence-electron chi connectivity index (χ0n) is 17.7. The fraction of sp³-hybridized carbons (Fsp3) is 0.174. The number of halogens is 5. The van der Waals surface area contributed by atoms with Gasteiger partial charge in [0.15, 0.2) is 0 Å². The van der Waals surface area contributed by atoms with Crippen molar-refractivity contribution in [1.29, 1.82) is 0 Å². The highest BCUT2D eigenvalue weighted by atomic mass is 79.9. The van der Waals surface area contributed by atoms with Gasteiger partial charge in [-0.3, -0.25) is 5.73 Å². The molecule has 0 saturated heterocycles. The van der Waals surface area contributed by atoms with Crippen LogP contribution < -0.4 is 32.2 Å². The molecule has 4 rings (SSSR count). The number of hydrogen-bond donors (Lipinski definition) is 1. The van der Waals surface area contributed by atoms with Crippen molar-refractivity contribution >= 4 is 80.7 Å². The Kier molecular flexibility index (Phi) is 8.77. The predicted octanol–water partition coefficient (Wildman–Crippen LogP) is 4.25. The SMILES string of the molecule is Cc1cc2c(cc1C)[n+](COc1cc(Br)cc(Br)c1)c(N)n2COc1cc(Br)cc(Br)c1.[Cl-]. The fourth-order valence-corrected chi connectivity index (χ4v) is 5.89. The Morgan fingerprint density at radius 2 is 1.24 bits per heavy atom. The van der Waals surface area contributed by atoms with Gasteiger partial charge >= 0.3 is 5.95 Å². The molecule has 0 radical (unpaired) electrons. The van der Waals surface area contributed by atoms with Crippen molar-refractivity contribution in [2.24, 2.45) is 0 Å². The van der Waals surface area contributed by atoms with Crippen LogP contribution in [0.25, 0.3) is 11.0 Å². The minimum atomic E-state index is 0. The van der Waals surface area contributed by atoms with E-state index in [2.05, 4.69) is 89.7 Å². The van der Waals surface area contributed by atoms with Gasteiger partial charge in [0.25, 0.3) is 0 Å². The van der Waals surface area contributed by atoms with Crippen LogP contribution in [0.15, 0.2) is 66.4 Å². The number of nitrogens with zero attached hydrogens (tertiary/aromatic N) is 2. The molecule has 5 nitrogen and oxygen atoms in total. The maximum absolute atomic E-state index is 6.59. The average Bonchev–Trinajstić information content (AvgIpc) is 2.94. The number of imidazole rings is 1. The van der Waals surface area contributed by atoms with Crippen LogP contribution in [-0.2, 0) is 13.5 Å². The molecule has 0 aliphatic rings. The van der Waals surface area contributed by atoms with Crippen molar-refractivity contribution < 1.29 is 26.4 Å². The van der Waals surface area contributed by atoms with Crippen LogP contribution in [0.1, 0.15) is 11.1 Å². The first-order valence-electron chi connectivity index (χ1n) is 9.68. The van der Waals surface area contributed by atoms with E-state index < -0.39 is 0 Å². The lowest BCUT2D eigenvalue weighted by molar-refractivity contribution is -0.687. The molecular formula is C23H20Br4ClN3O2. The van der Waals surface area contributed by atoms with E-state index in [4.69, 9.17) is 15.2 Å². The number of benzene rings is 3. The molecule has 33 heavy (non-hydrogen) atoms. The molecule has 0 fully saturated rings. The Morgan fingerprint density at radius 1 is 0.758 bits per heavy atom. The normalized spacial score (nSPS) is 10.8. The third-order valence-corrected chi connectivity index (χ3v) is 6.95. The highest BCUT2D eigenvalue weighted by Crippen LogP contribution is 2.28. The second kappa shape index (κ2) is 11.0. The molecule has 1 heterocycles. The highest BCUT2D eigenvalue weighted by Gasteiger charge is 2.23. The molecule has 0 saturated carbocycles. The Morgan fingerprint density at radius 3 is 1.79 bits per heavy atom. The minimum Gasteiger partial charge on any atom is -1.00 e. The average molecular weight is 726 g/mol. The molecule has 1 aromatic heterocycles. The zero-order chi connectivity index (χ0) is 23.0. The summed E-state index contributed by atoms with van der Waals surface area (Å²) in [7, 11) is 0. The van der Waals surface area contributed by atoms with Gasteiger partial charge in [0.1, 0.15) is 22.5 Å². The first-order chi connectivity index (χ1) is 15.2. The van der Waals surface area contributed by atoms with Crippen molar-refractivity contribution in [1.82, 2.24) is 4.57 Å². The Hall–Kier alpha value is -1.26. The van der Waals surface area contributed by atoms with Crippen molar-refractivity contribution in [3.05, 3.63) is 77.5 Å². The van der Waals surface area contributed by atoms with E-state index in [0.717, 1.165) is 40.4 Å². The second-order valence-corrected chi connectivity index (χ2v) is 11.1. The van der Waals surface area contributed by atoms with Crippen LogP contribution in [0.5, 0.6) is 11.5 Å². The lowest BCUT2D eigenvalue weighted by Crippen LogP contribution is -3.00. The van der Waals surface area contributed by atoms with E-state index in [1.54, 1.807) is 0 Å². The molecule has 2 N–H and O–H groups in total. The number of rotatable bonds is 6. The molecule has 3 aromatic carbocycles. The van der Waals surface area contributed by atoms with E-state index >= 15 is 0 Å². The summed E-state index contributed by atoms with van der Waals surface area (Å²) in [6.07, 6.45) is 0. The van der Waals surface area contributed by atoms with Gasteiger partial charge in [-0.15, -0.1) is 0 Å². The smallest absolute Gasteiger partial charge is 0.361 e. The number of fused-ring (bicyclic) bond motifs is 1. The fourth-order valence-electron chi connectivity index (χ4n) is 3.38. The maximum atomic E-state index is 6.59. The standard InChI is InChI=1S/C23H19Br4N3O2.ClH/c1-13-3-21-22(4-14(13)2)30(12-32-20-9-17(26)6-18(27)10-20)23(28)29(21)11-31-19-7-15(24)5-16(25)8-19;/h3-10,28H,11-12H2,1-2H3;1H. The number of aromatic nitrogens is 2. The summed E-state index contributed by atoms with van der Waals surface area (Å²) in [5.41, 5.74) is 10.9. The summed E-state index contributed by atoms with van der Waals surface area (Å²) in [4.78, 5) is 0. The maximum Gasteiger partial charge on any atom is 0.361 e. The zero-order valence-corrected chi connectivity index (χ0v) is 24.8. The largest absolute Gasteiger partial charge is 1.00 e. The number of aryl methyl sites for hydroxylation is 2. The molecule has 0 spiro atoms. The van der Waals surface area contributed by atoms with Gasteiger partial charge in [-0.25, -0.2) is 0 Å². The quantitative estimate of drug-likeness (QED) is 0.303. The number of nitrogens with two attached hydrogens (primary N) is 1. The molecule has 10 heteroatoms. The van der Waals surface area contributed by atoms with Crippen LogP contribution in [0.2, 0.25) is 0 Å². The van der Waals surface area contributed by atoms with Crippen molar-refractivity contribution in [3.8, 4) is 11.5 Å². The second-order valence-electron chi connectivity index (χ2n) is 7.40. The number of nitrogen functional groups attached to an aromatic ring is 1. The van der Waals surface area contributed by atoms with Crippen molar-refractivity contribution in [3.63, 3.8) is 0 Å². The van der Waals surface area contributed by atoms with E-state index in [1.807, 2.05) is 45.5 Å². The summed E-state index contributed by atoms with van der Waals surface area (Å²) >= 11 is 14.0. The molecule has 4 aromatic rings. The molecule has 0 atom stereocenters. The van der Waals surface area contributed by atoms with E-state index in [1.165, 1.54) is 11.1 Å². The van der Waals surface area contributed by atoms with Crippen molar-refractivity contribution in [2.75, 3.05) is 5.73 Å². The topological polar surface area (TPSA) is 53.3 Å². The van der Waals surface area contributed by atoms with Crippen molar-refractivity contribution in [2.45, 2.75) is 27.3 Å². The summed E-state index contributed by atoms with van der Waals surface area (Å²) in [6.45, 7) is 4.72. The third-order valence-electron chi connectivity index (χ3n) is 5.12.